The highest BCUT2D eigenvalue weighted by Gasteiger charge is 1.84. The van der Waals surface area contributed by atoms with Gasteiger partial charge in [0.2, 0.25) is 0 Å². The molecule has 0 bridgehead atoms. The van der Waals surface area contributed by atoms with Gasteiger partial charge in [-0.25, -0.2) is 0 Å². The average molecular weight is 173 g/mol. The van der Waals surface area contributed by atoms with E-state index >= 15 is 0 Å². The number of hydrogen-bond donors (Lipinski definition) is 0. The fourth-order valence-electron chi connectivity index (χ4n) is 0.857. The number of aldehydes is 1. The number of rotatable bonds is 3. The van der Waals surface area contributed by atoms with Crippen molar-refractivity contribution in [1.29, 1.82) is 0 Å². The van der Waals surface area contributed by atoms with E-state index in [1.54, 1.807) is 13.1 Å². The molecule has 13 heavy (non-hydrogen) atoms. The molecule has 0 amide bonds. The molecule has 0 N–H and O–H groups in total. The molecule has 0 aliphatic heterocycles. The number of benzene rings is 1. The summed E-state index contributed by atoms with van der Waals surface area (Å²) in [6.07, 6.45) is 3.90. The molecule has 2 nitrogen and oxygen atoms in total. The molecule has 0 saturated heterocycles. The Labute approximate surface area is 77.6 Å². The van der Waals surface area contributed by atoms with Crippen LogP contribution in [-0.2, 0) is 4.79 Å². The molecule has 66 valence electrons. The fourth-order valence-corrected chi connectivity index (χ4v) is 0.857. The maximum Gasteiger partial charge on any atom is 0.144 e. The van der Waals surface area contributed by atoms with Crippen molar-refractivity contribution in [2.24, 2.45) is 4.99 Å². The Balaban J connectivity index is 2.69. The molecule has 1 aromatic carbocycles. The van der Waals surface area contributed by atoms with Gasteiger partial charge in [0.05, 0.1) is 0 Å². The van der Waals surface area contributed by atoms with E-state index in [-0.39, 0.29) is 0 Å². The van der Waals surface area contributed by atoms with Crippen molar-refractivity contribution in [1.82, 2.24) is 0 Å². The van der Waals surface area contributed by atoms with Gasteiger partial charge in [-0.15, -0.1) is 0 Å². The van der Waals surface area contributed by atoms with Crippen LogP contribution in [0.2, 0.25) is 0 Å². The van der Waals surface area contributed by atoms with Crippen LogP contribution in [0.1, 0.15) is 12.5 Å². The Hall–Kier alpha value is -1.70. The van der Waals surface area contributed by atoms with Gasteiger partial charge in [-0.3, -0.25) is 9.79 Å². The van der Waals surface area contributed by atoms with Gasteiger partial charge in [0, 0.05) is 11.9 Å². The molecule has 2 heteroatoms. The molecule has 0 aliphatic carbocycles. The second kappa shape index (κ2) is 5.04. The number of allylic oxidation sites excluding steroid dienone is 2. The molecule has 0 spiro atoms. The number of aliphatic imine (C=N–C) groups is 1. The highest BCUT2D eigenvalue weighted by molar-refractivity contribution is 5.80. The molecule has 0 fully saturated rings. The highest BCUT2D eigenvalue weighted by atomic mass is 16.1. The van der Waals surface area contributed by atoms with Crippen LogP contribution in [-0.4, -0.2) is 12.5 Å². The van der Waals surface area contributed by atoms with Gasteiger partial charge in [0.1, 0.15) is 6.29 Å². The Morgan fingerprint density at radius 3 is 2.62 bits per heavy atom. The molecular formula is C11H11NO. The maximum atomic E-state index is 10.1. The average Bonchev–Trinajstić information content (AvgIpc) is 2.17. The van der Waals surface area contributed by atoms with Crippen LogP contribution in [0.4, 0.5) is 0 Å². The number of carbonyl (C=O) groups excluding carboxylic acids is 1. The second-order valence-corrected chi connectivity index (χ2v) is 2.61. The molecule has 1 rings (SSSR count). The standard InChI is InChI=1S/C11H11NO/c1-10(7-8-13)12-9-11-5-3-2-4-6-11/h2-9H,1H3. The van der Waals surface area contributed by atoms with Crippen molar-refractivity contribution in [2.75, 3.05) is 0 Å². The van der Waals surface area contributed by atoms with Crippen molar-refractivity contribution in [2.45, 2.75) is 6.92 Å². The monoisotopic (exact) mass is 173 g/mol. The molecule has 0 aliphatic rings. The van der Waals surface area contributed by atoms with Gasteiger partial charge < -0.3 is 0 Å². The molecule has 0 heterocycles. The summed E-state index contributed by atoms with van der Waals surface area (Å²) in [6, 6.07) is 9.75. The highest BCUT2D eigenvalue weighted by Crippen LogP contribution is 1.97. The fraction of sp³-hybridized carbons (Fsp3) is 0.0909. The molecule has 1 aromatic rings. The van der Waals surface area contributed by atoms with Crippen molar-refractivity contribution < 1.29 is 4.79 Å². The summed E-state index contributed by atoms with van der Waals surface area (Å²) in [4.78, 5) is 14.2. The molecule has 0 unspecified atom stereocenters. The molecule has 0 aromatic heterocycles. The summed E-state index contributed by atoms with van der Waals surface area (Å²) >= 11 is 0. The van der Waals surface area contributed by atoms with Crippen molar-refractivity contribution in [3.05, 3.63) is 47.7 Å². The van der Waals surface area contributed by atoms with Crippen LogP contribution in [0, 0.1) is 0 Å². The summed E-state index contributed by atoms with van der Waals surface area (Å²) in [5.41, 5.74) is 1.74. The Kier molecular flexibility index (Phi) is 3.64. The predicted molar refractivity (Wildman–Crippen MR) is 53.9 cm³/mol. The van der Waals surface area contributed by atoms with Crippen LogP contribution < -0.4 is 0 Å². The first-order valence-corrected chi connectivity index (χ1v) is 4.04. The summed E-state index contributed by atoms with van der Waals surface area (Å²) in [5.74, 6) is 0. The van der Waals surface area contributed by atoms with Gasteiger partial charge in [-0.05, 0) is 18.6 Å². The van der Waals surface area contributed by atoms with Crippen molar-refractivity contribution in [3.8, 4) is 0 Å². The van der Waals surface area contributed by atoms with E-state index in [1.165, 1.54) is 6.08 Å². The first-order chi connectivity index (χ1) is 6.33. The van der Waals surface area contributed by atoms with Gasteiger partial charge in [-0.2, -0.15) is 0 Å². The van der Waals surface area contributed by atoms with Crippen LogP contribution >= 0.6 is 0 Å². The molecule has 0 atom stereocenters. The lowest BCUT2D eigenvalue weighted by Gasteiger charge is -1.90. The minimum Gasteiger partial charge on any atom is -0.298 e. The van der Waals surface area contributed by atoms with Crippen molar-refractivity contribution >= 4 is 12.5 Å². The Morgan fingerprint density at radius 2 is 2.00 bits per heavy atom. The third kappa shape index (κ3) is 3.47. The quantitative estimate of drug-likeness (QED) is 0.391. The van der Waals surface area contributed by atoms with Gasteiger partial charge in [-0.1, -0.05) is 30.3 Å². The third-order valence-corrected chi connectivity index (χ3v) is 1.53. The summed E-state index contributed by atoms with van der Waals surface area (Å²) in [6.45, 7) is 1.79. The minimum absolute atomic E-state index is 0.707. The van der Waals surface area contributed by atoms with Crippen molar-refractivity contribution in [3.63, 3.8) is 0 Å². The van der Waals surface area contributed by atoms with Crippen LogP contribution in [0.25, 0.3) is 0 Å². The Morgan fingerprint density at radius 1 is 1.31 bits per heavy atom. The summed E-state index contributed by atoms with van der Waals surface area (Å²) < 4.78 is 0. The Bertz CT molecular complexity index is 325. The SMILES string of the molecule is CC(=CC=O)N=Cc1ccccc1. The number of nitrogens with zero attached hydrogens (tertiary/aromatic N) is 1. The van der Waals surface area contributed by atoms with Gasteiger partial charge in [0.25, 0.3) is 0 Å². The number of hydrogen-bond acceptors (Lipinski definition) is 2. The molecule has 0 saturated carbocycles. The van der Waals surface area contributed by atoms with E-state index in [0.717, 1.165) is 11.8 Å². The first kappa shape index (κ1) is 9.39. The lowest BCUT2D eigenvalue weighted by Crippen LogP contribution is -1.79. The lowest BCUT2D eigenvalue weighted by molar-refractivity contribution is -0.104. The third-order valence-electron chi connectivity index (χ3n) is 1.53. The summed E-state index contributed by atoms with van der Waals surface area (Å²) in [7, 11) is 0. The summed E-state index contributed by atoms with van der Waals surface area (Å²) in [5, 5.41) is 0. The van der Waals surface area contributed by atoms with Crippen LogP contribution in [0.15, 0.2) is 47.1 Å². The number of carbonyl (C=O) groups is 1. The zero-order valence-electron chi connectivity index (χ0n) is 7.47. The first-order valence-electron chi connectivity index (χ1n) is 4.04. The largest absolute Gasteiger partial charge is 0.298 e. The van der Waals surface area contributed by atoms with E-state index in [0.29, 0.717) is 5.70 Å². The van der Waals surface area contributed by atoms with E-state index in [4.69, 9.17) is 0 Å². The van der Waals surface area contributed by atoms with E-state index in [9.17, 15) is 4.79 Å². The second-order valence-electron chi connectivity index (χ2n) is 2.61. The van der Waals surface area contributed by atoms with E-state index in [1.807, 2.05) is 30.3 Å². The zero-order chi connectivity index (χ0) is 9.52. The lowest BCUT2D eigenvalue weighted by atomic mass is 10.2. The van der Waals surface area contributed by atoms with Gasteiger partial charge >= 0.3 is 0 Å². The van der Waals surface area contributed by atoms with Crippen LogP contribution in [0.3, 0.4) is 0 Å². The smallest absolute Gasteiger partial charge is 0.144 e. The topological polar surface area (TPSA) is 29.4 Å². The van der Waals surface area contributed by atoms with Gasteiger partial charge in [0.15, 0.2) is 0 Å². The molecule has 0 radical (unpaired) electrons. The minimum atomic E-state index is 0.707. The normalized spacial score (nSPS) is 11.9. The molecular weight excluding hydrogens is 162 g/mol. The van der Waals surface area contributed by atoms with E-state index in [2.05, 4.69) is 4.99 Å². The maximum absolute atomic E-state index is 10.1. The van der Waals surface area contributed by atoms with Crippen LogP contribution in [0.5, 0.6) is 0 Å². The van der Waals surface area contributed by atoms with E-state index < -0.39 is 0 Å². The predicted octanol–water partition coefficient (Wildman–Crippen LogP) is 2.21. The zero-order valence-corrected chi connectivity index (χ0v) is 7.47.